The lowest BCUT2D eigenvalue weighted by molar-refractivity contribution is 0.486. The van der Waals surface area contributed by atoms with Crippen molar-refractivity contribution >= 4 is 55.8 Å². The number of nitrogens with one attached hydrogen (secondary N) is 1. The Labute approximate surface area is 139 Å². The summed E-state index contributed by atoms with van der Waals surface area (Å²) in [4.78, 5) is 11.5. The van der Waals surface area contributed by atoms with Crippen LogP contribution in [0.25, 0.3) is 10.9 Å². The molecule has 0 radical (unpaired) electrons. The van der Waals surface area contributed by atoms with Crippen molar-refractivity contribution in [1.82, 2.24) is 4.37 Å². The highest BCUT2D eigenvalue weighted by Gasteiger charge is 2.19. The fourth-order valence-electron chi connectivity index (χ4n) is 1.80. The van der Waals surface area contributed by atoms with E-state index >= 15 is 0 Å². The molecular formula is C13H7Cl2NO4S2. The van der Waals surface area contributed by atoms with E-state index in [0.29, 0.717) is 10.5 Å². The summed E-state index contributed by atoms with van der Waals surface area (Å²) < 4.78 is 32.1. The van der Waals surface area contributed by atoms with Crippen molar-refractivity contribution in [3.63, 3.8) is 0 Å². The first-order valence-electron chi connectivity index (χ1n) is 5.87. The van der Waals surface area contributed by atoms with Crippen molar-refractivity contribution in [2.24, 2.45) is 0 Å². The van der Waals surface area contributed by atoms with Crippen LogP contribution in [0.4, 0.5) is 0 Å². The summed E-state index contributed by atoms with van der Waals surface area (Å²) in [5.74, 6) is -0.0367. The summed E-state index contributed by atoms with van der Waals surface area (Å²) in [6, 6.07) is 8.32. The van der Waals surface area contributed by atoms with Gasteiger partial charge in [0.2, 0.25) is 0 Å². The molecule has 1 N–H and O–H groups in total. The van der Waals surface area contributed by atoms with Gasteiger partial charge in [-0.15, -0.1) is 0 Å². The fraction of sp³-hybridized carbons (Fsp3) is 0. The predicted octanol–water partition coefficient (Wildman–Crippen LogP) is 3.66. The summed E-state index contributed by atoms with van der Waals surface area (Å²) in [5, 5.41) is 0.725. The molecule has 0 aliphatic carbocycles. The molecule has 0 aliphatic rings. The molecular weight excluding hydrogens is 369 g/mol. The largest absolute Gasteiger partial charge is 0.377 e. The summed E-state index contributed by atoms with van der Waals surface area (Å²) >= 11 is 12.5. The zero-order valence-electron chi connectivity index (χ0n) is 10.7. The molecule has 2 aromatic carbocycles. The van der Waals surface area contributed by atoms with Crippen molar-refractivity contribution in [1.29, 1.82) is 0 Å². The first-order chi connectivity index (χ1) is 10.4. The minimum atomic E-state index is -4.11. The van der Waals surface area contributed by atoms with Gasteiger partial charge in [-0.3, -0.25) is 4.79 Å². The van der Waals surface area contributed by atoms with Gasteiger partial charge in [0.25, 0.3) is 4.74 Å². The third kappa shape index (κ3) is 2.85. The second kappa shape index (κ2) is 5.58. The van der Waals surface area contributed by atoms with Gasteiger partial charge in [-0.1, -0.05) is 23.2 Å². The second-order valence-corrected chi connectivity index (χ2v) is 7.48. The molecule has 0 atom stereocenters. The standard InChI is InChI=1S/C13H7Cl2NO4S2/c14-7-1-4-12(10(15)5-7)20-22(18,19)8-2-3-11-9(6-8)13(17)21-16-11/h1-6,16H. The smallest absolute Gasteiger partial charge is 0.339 e. The number of hydrogen-bond donors (Lipinski definition) is 1. The molecule has 5 nitrogen and oxygen atoms in total. The molecule has 3 rings (SSSR count). The summed E-state index contributed by atoms with van der Waals surface area (Å²) in [6.45, 7) is 0. The van der Waals surface area contributed by atoms with E-state index in [2.05, 4.69) is 4.37 Å². The average molecular weight is 376 g/mol. The Bertz CT molecular complexity index is 1020. The summed E-state index contributed by atoms with van der Waals surface area (Å²) in [5.41, 5.74) is 0.568. The molecule has 22 heavy (non-hydrogen) atoms. The molecule has 0 fully saturated rings. The topological polar surface area (TPSA) is 76.2 Å². The zero-order valence-corrected chi connectivity index (χ0v) is 13.8. The van der Waals surface area contributed by atoms with E-state index in [0.717, 1.165) is 11.5 Å². The lowest BCUT2D eigenvalue weighted by Crippen LogP contribution is -2.10. The van der Waals surface area contributed by atoms with E-state index in [1.807, 2.05) is 0 Å². The molecule has 0 spiro atoms. The maximum atomic E-state index is 12.3. The molecule has 0 saturated carbocycles. The molecule has 114 valence electrons. The fourth-order valence-corrected chi connectivity index (χ4v) is 3.93. The molecule has 3 aromatic rings. The molecule has 0 saturated heterocycles. The molecule has 9 heteroatoms. The second-order valence-electron chi connectivity index (χ2n) is 4.31. The first-order valence-corrected chi connectivity index (χ1v) is 8.86. The van der Waals surface area contributed by atoms with E-state index in [-0.39, 0.29) is 25.8 Å². The number of rotatable bonds is 3. The van der Waals surface area contributed by atoms with Gasteiger partial charge in [0.05, 0.1) is 15.9 Å². The predicted molar refractivity (Wildman–Crippen MR) is 86.7 cm³/mol. The third-order valence-electron chi connectivity index (χ3n) is 2.85. The monoisotopic (exact) mass is 375 g/mol. The van der Waals surface area contributed by atoms with Crippen molar-refractivity contribution in [3.05, 3.63) is 56.0 Å². The Hall–Kier alpha value is -1.54. The molecule has 0 amide bonds. The van der Waals surface area contributed by atoms with Crippen LogP contribution in [0.3, 0.4) is 0 Å². The Morgan fingerprint density at radius 3 is 2.59 bits per heavy atom. The van der Waals surface area contributed by atoms with E-state index in [1.54, 1.807) is 0 Å². The Balaban J connectivity index is 2.04. The van der Waals surface area contributed by atoms with Crippen LogP contribution in [0.15, 0.2) is 46.1 Å². The highest BCUT2D eigenvalue weighted by molar-refractivity contribution is 7.87. The maximum Gasteiger partial charge on any atom is 0.339 e. The van der Waals surface area contributed by atoms with Gasteiger partial charge in [0.15, 0.2) is 5.75 Å². The lowest BCUT2D eigenvalue weighted by Gasteiger charge is -2.08. The summed E-state index contributed by atoms with van der Waals surface area (Å²) in [6.07, 6.45) is 0. The number of fused-ring (bicyclic) bond motifs is 1. The van der Waals surface area contributed by atoms with Crippen LogP contribution < -0.4 is 8.93 Å². The third-order valence-corrected chi connectivity index (χ3v) is 5.33. The van der Waals surface area contributed by atoms with E-state index in [1.165, 1.54) is 36.4 Å². The van der Waals surface area contributed by atoms with Crippen LogP contribution in [0.2, 0.25) is 10.0 Å². The van der Waals surface area contributed by atoms with Gasteiger partial charge in [-0.05, 0) is 47.9 Å². The van der Waals surface area contributed by atoms with Crippen LogP contribution in [-0.4, -0.2) is 12.8 Å². The van der Waals surface area contributed by atoms with Crippen molar-refractivity contribution in [2.75, 3.05) is 0 Å². The minimum absolute atomic E-state index is 0.0367. The average Bonchev–Trinajstić information content (AvgIpc) is 2.83. The molecule has 0 aliphatic heterocycles. The Morgan fingerprint density at radius 1 is 1.09 bits per heavy atom. The maximum absolute atomic E-state index is 12.3. The zero-order chi connectivity index (χ0) is 15.9. The number of halogens is 2. The van der Waals surface area contributed by atoms with Crippen LogP contribution in [0.1, 0.15) is 0 Å². The SMILES string of the molecule is O=c1s[nH]c2ccc(S(=O)(=O)Oc3ccc(Cl)cc3Cl)cc12. The Morgan fingerprint density at radius 2 is 1.86 bits per heavy atom. The van der Waals surface area contributed by atoms with Crippen LogP contribution >= 0.6 is 34.7 Å². The van der Waals surface area contributed by atoms with Gasteiger partial charge in [-0.2, -0.15) is 8.42 Å². The van der Waals surface area contributed by atoms with Gasteiger partial charge in [0.1, 0.15) is 4.90 Å². The van der Waals surface area contributed by atoms with E-state index in [9.17, 15) is 13.2 Å². The first kappa shape index (κ1) is 15.4. The number of aromatic nitrogens is 1. The van der Waals surface area contributed by atoms with Crippen molar-refractivity contribution in [2.45, 2.75) is 4.90 Å². The van der Waals surface area contributed by atoms with Crippen molar-refractivity contribution in [3.8, 4) is 5.75 Å². The van der Waals surface area contributed by atoms with Gasteiger partial charge < -0.3 is 8.56 Å². The molecule has 0 bridgehead atoms. The van der Waals surface area contributed by atoms with Crippen LogP contribution in [0, 0.1) is 0 Å². The highest BCUT2D eigenvalue weighted by atomic mass is 35.5. The number of aromatic amines is 1. The van der Waals surface area contributed by atoms with Crippen molar-refractivity contribution < 1.29 is 12.6 Å². The summed E-state index contributed by atoms with van der Waals surface area (Å²) in [7, 11) is -4.11. The van der Waals surface area contributed by atoms with Crippen LogP contribution in [-0.2, 0) is 10.1 Å². The Kier molecular flexibility index (Phi) is 3.90. The number of benzene rings is 2. The lowest BCUT2D eigenvalue weighted by atomic mass is 10.3. The molecule has 1 aromatic heterocycles. The normalized spacial score (nSPS) is 11.7. The van der Waals surface area contributed by atoms with E-state index < -0.39 is 10.1 Å². The van der Waals surface area contributed by atoms with Gasteiger partial charge in [0, 0.05) is 5.02 Å². The highest BCUT2D eigenvalue weighted by Crippen LogP contribution is 2.30. The number of hydrogen-bond acceptors (Lipinski definition) is 5. The van der Waals surface area contributed by atoms with Gasteiger partial charge >= 0.3 is 10.1 Å². The van der Waals surface area contributed by atoms with E-state index in [4.69, 9.17) is 27.4 Å². The van der Waals surface area contributed by atoms with Gasteiger partial charge in [-0.25, -0.2) is 0 Å². The quantitative estimate of drug-likeness (QED) is 0.708. The number of H-pyrrole nitrogens is 1. The molecule has 0 unspecified atom stereocenters. The molecule has 1 heterocycles. The minimum Gasteiger partial charge on any atom is -0.377 e. The van der Waals surface area contributed by atoms with Crippen LogP contribution in [0.5, 0.6) is 5.75 Å².